The first kappa shape index (κ1) is 14.8. The van der Waals surface area contributed by atoms with Gasteiger partial charge in [0.15, 0.2) is 0 Å². The molecule has 0 saturated heterocycles. The number of hydrogen-bond acceptors (Lipinski definition) is 3. The van der Waals surface area contributed by atoms with Crippen molar-refractivity contribution in [1.29, 1.82) is 0 Å². The Bertz CT molecular complexity index is 498. The van der Waals surface area contributed by atoms with E-state index in [9.17, 15) is 4.79 Å². The van der Waals surface area contributed by atoms with Crippen LogP contribution in [0.25, 0.3) is 0 Å². The van der Waals surface area contributed by atoms with Crippen molar-refractivity contribution in [3.05, 3.63) is 29.8 Å². The molecule has 4 nitrogen and oxygen atoms in total. The topological polar surface area (TPSA) is 58.4 Å². The van der Waals surface area contributed by atoms with Gasteiger partial charge >= 0.3 is 0 Å². The van der Waals surface area contributed by atoms with Crippen LogP contribution in [0.15, 0.2) is 24.3 Å². The Morgan fingerprint density at radius 3 is 2.50 bits per heavy atom. The van der Waals surface area contributed by atoms with E-state index in [4.69, 9.17) is 18.0 Å². The van der Waals surface area contributed by atoms with E-state index in [0.717, 1.165) is 24.9 Å². The van der Waals surface area contributed by atoms with Gasteiger partial charge in [-0.05, 0) is 37.1 Å². The molecule has 1 amide bonds. The van der Waals surface area contributed by atoms with Crippen LogP contribution in [-0.2, 0) is 0 Å². The average molecular weight is 291 g/mol. The van der Waals surface area contributed by atoms with Gasteiger partial charge in [-0.3, -0.25) is 4.79 Å². The highest BCUT2D eigenvalue weighted by Gasteiger charge is 2.30. The Balaban J connectivity index is 2.02. The molecule has 5 heteroatoms. The van der Waals surface area contributed by atoms with Gasteiger partial charge in [0, 0.05) is 37.3 Å². The van der Waals surface area contributed by atoms with Gasteiger partial charge in [-0.1, -0.05) is 18.6 Å². The molecule has 1 saturated carbocycles. The van der Waals surface area contributed by atoms with Crippen molar-refractivity contribution in [2.45, 2.75) is 25.3 Å². The zero-order chi connectivity index (χ0) is 14.7. The molecule has 1 aliphatic rings. The maximum Gasteiger partial charge on any atom is 0.251 e. The summed E-state index contributed by atoms with van der Waals surface area (Å²) in [4.78, 5) is 14.8. The number of nitrogens with one attached hydrogen (secondary N) is 1. The number of rotatable bonds is 4. The summed E-state index contributed by atoms with van der Waals surface area (Å²) in [5.74, 6) is 0.0819. The Kier molecular flexibility index (Phi) is 4.60. The molecule has 0 spiro atoms. The number of nitrogens with zero attached hydrogens (tertiary/aromatic N) is 1. The van der Waals surface area contributed by atoms with Crippen molar-refractivity contribution in [3.63, 3.8) is 0 Å². The predicted octanol–water partition coefficient (Wildman–Crippen LogP) is 1.94. The normalized spacial score (nSPS) is 21.5. The summed E-state index contributed by atoms with van der Waals surface area (Å²) in [5.41, 5.74) is 7.47. The number of anilines is 1. The van der Waals surface area contributed by atoms with Crippen LogP contribution >= 0.6 is 12.2 Å². The quantitative estimate of drug-likeness (QED) is 0.832. The van der Waals surface area contributed by atoms with Crippen LogP contribution in [0, 0.1) is 5.92 Å². The molecule has 1 aromatic rings. The lowest BCUT2D eigenvalue weighted by Crippen LogP contribution is -2.41. The van der Waals surface area contributed by atoms with E-state index in [1.165, 1.54) is 0 Å². The molecular formula is C15H21N3OS. The van der Waals surface area contributed by atoms with Crippen molar-refractivity contribution in [2.24, 2.45) is 11.7 Å². The van der Waals surface area contributed by atoms with Crippen molar-refractivity contribution in [3.8, 4) is 0 Å². The van der Waals surface area contributed by atoms with Crippen molar-refractivity contribution in [2.75, 3.05) is 19.0 Å². The molecule has 2 atom stereocenters. The van der Waals surface area contributed by atoms with Crippen molar-refractivity contribution >= 4 is 28.8 Å². The van der Waals surface area contributed by atoms with Crippen LogP contribution in [-0.4, -0.2) is 31.0 Å². The van der Waals surface area contributed by atoms with E-state index in [1.54, 1.807) is 0 Å². The van der Waals surface area contributed by atoms with Crippen LogP contribution < -0.4 is 16.0 Å². The highest BCUT2D eigenvalue weighted by Crippen LogP contribution is 2.26. The highest BCUT2D eigenvalue weighted by atomic mass is 32.1. The van der Waals surface area contributed by atoms with Crippen LogP contribution in [0.1, 0.15) is 29.6 Å². The fourth-order valence-electron chi connectivity index (χ4n) is 2.64. The lowest BCUT2D eigenvalue weighted by atomic mass is 10.0. The van der Waals surface area contributed by atoms with E-state index in [0.29, 0.717) is 10.6 Å². The average Bonchev–Trinajstić information content (AvgIpc) is 2.87. The molecule has 0 bridgehead atoms. The number of carbonyl (C=O) groups excluding carboxylic acids is 1. The molecule has 1 aliphatic carbocycles. The molecule has 0 aromatic heterocycles. The Morgan fingerprint density at radius 2 is 1.95 bits per heavy atom. The molecular weight excluding hydrogens is 270 g/mol. The van der Waals surface area contributed by atoms with Gasteiger partial charge in [0.1, 0.15) is 0 Å². The van der Waals surface area contributed by atoms with Crippen LogP contribution in [0.4, 0.5) is 5.69 Å². The third kappa shape index (κ3) is 3.28. The third-order valence-corrected chi connectivity index (χ3v) is 4.15. The van der Waals surface area contributed by atoms with Crippen molar-refractivity contribution < 1.29 is 4.79 Å². The second kappa shape index (κ2) is 6.22. The zero-order valence-electron chi connectivity index (χ0n) is 11.9. The standard InChI is InChI=1S/C15H21N3OS/c1-18(2)11-8-6-10(7-9-11)15(19)17-13-5-3-4-12(13)14(16)20/h6-9,12-13H,3-5H2,1-2H3,(H2,16,20)(H,17,19). The second-order valence-electron chi connectivity index (χ2n) is 5.46. The van der Waals surface area contributed by atoms with Crippen LogP contribution in [0.3, 0.4) is 0 Å². The van der Waals surface area contributed by atoms with E-state index in [-0.39, 0.29) is 17.9 Å². The maximum absolute atomic E-state index is 12.2. The Morgan fingerprint density at radius 1 is 1.30 bits per heavy atom. The lowest BCUT2D eigenvalue weighted by Gasteiger charge is -2.20. The SMILES string of the molecule is CN(C)c1ccc(C(=O)NC2CCCC2C(N)=S)cc1. The smallest absolute Gasteiger partial charge is 0.251 e. The first-order valence-electron chi connectivity index (χ1n) is 6.86. The van der Waals surface area contributed by atoms with Gasteiger partial charge in [-0.2, -0.15) is 0 Å². The molecule has 2 rings (SSSR count). The largest absolute Gasteiger partial charge is 0.393 e. The third-order valence-electron chi connectivity index (χ3n) is 3.84. The lowest BCUT2D eigenvalue weighted by molar-refractivity contribution is 0.0934. The van der Waals surface area contributed by atoms with E-state index >= 15 is 0 Å². The van der Waals surface area contributed by atoms with Gasteiger partial charge in [-0.15, -0.1) is 0 Å². The van der Waals surface area contributed by atoms with Crippen LogP contribution in [0.2, 0.25) is 0 Å². The second-order valence-corrected chi connectivity index (χ2v) is 5.93. The minimum atomic E-state index is -0.0524. The first-order valence-corrected chi connectivity index (χ1v) is 7.27. The minimum Gasteiger partial charge on any atom is -0.393 e. The van der Waals surface area contributed by atoms with E-state index in [2.05, 4.69) is 5.32 Å². The zero-order valence-corrected chi connectivity index (χ0v) is 12.7. The highest BCUT2D eigenvalue weighted by molar-refractivity contribution is 7.80. The number of hydrogen-bond donors (Lipinski definition) is 2. The van der Waals surface area contributed by atoms with Gasteiger partial charge in [0.25, 0.3) is 5.91 Å². The fourth-order valence-corrected chi connectivity index (χ4v) is 2.92. The molecule has 3 N–H and O–H groups in total. The fraction of sp³-hybridized carbons (Fsp3) is 0.467. The van der Waals surface area contributed by atoms with Gasteiger partial charge in [0.05, 0.1) is 4.99 Å². The monoisotopic (exact) mass is 291 g/mol. The summed E-state index contributed by atoms with van der Waals surface area (Å²) >= 11 is 5.07. The van der Waals surface area contributed by atoms with Gasteiger partial charge in [-0.25, -0.2) is 0 Å². The molecule has 2 unspecified atom stereocenters. The molecule has 0 heterocycles. The predicted molar refractivity (Wildman–Crippen MR) is 86.1 cm³/mol. The molecule has 20 heavy (non-hydrogen) atoms. The summed E-state index contributed by atoms with van der Waals surface area (Å²) in [6, 6.07) is 7.64. The maximum atomic E-state index is 12.2. The molecule has 1 aromatic carbocycles. The Labute approximate surface area is 125 Å². The molecule has 0 aliphatic heterocycles. The van der Waals surface area contributed by atoms with E-state index < -0.39 is 0 Å². The molecule has 0 radical (unpaired) electrons. The Hall–Kier alpha value is -1.62. The summed E-state index contributed by atoms with van der Waals surface area (Å²) in [6.07, 6.45) is 2.98. The minimum absolute atomic E-state index is 0.0524. The molecule has 108 valence electrons. The van der Waals surface area contributed by atoms with Crippen molar-refractivity contribution in [1.82, 2.24) is 5.32 Å². The summed E-state index contributed by atoms with van der Waals surface area (Å²) in [7, 11) is 3.95. The summed E-state index contributed by atoms with van der Waals surface area (Å²) in [6.45, 7) is 0. The molecule has 1 fully saturated rings. The number of nitrogens with two attached hydrogens (primary N) is 1. The number of amides is 1. The first-order chi connectivity index (χ1) is 9.49. The summed E-state index contributed by atoms with van der Waals surface area (Å²) < 4.78 is 0. The number of benzene rings is 1. The number of carbonyl (C=O) groups is 1. The van der Waals surface area contributed by atoms with Gasteiger partial charge in [0.2, 0.25) is 0 Å². The number of thiocarbonyl (C=S) groups is 1. The van der Waals surface area contributed by atoms with Gasteiger partial charge < -0.3 is 16.0 Å². The van der Waals surface area contributed by atoms with E-state index in [1.807, 2.05) is 43.3 Å². The van der Waals surface area contributed by atoms with Crippen LogP contribution in [0.5, 0.6) is 0 Å². The summed E-state index contributed by atoms with van der Waals surface area (Å²) in [5, 5.41) is 3.06.